The van der Waals surface area contributed by atoms with Crippen molar-refractivity contribution in [3.8, 4) is 11.5 Å². The van der Waals surface area contributed by atoms with E-state index in [2.05, 4.69) is 0 Å². The number of benzene rings is 2. The van der Waals surface area contributed by atoms with Crippen LogP contribution in [0.15, 0.2) is 54.6 Å². The van der Waals surface area contributed by atoms with Crippen molar-refractivity contribution in [2.24, 2.45) is 0 Å². The van der Waals surface area contributed by atoms with Crippen LogP contribution in [-0.2, 0) is 4.79 Å². The first kappa shape index (κ1) is 13.5. The van der Waals surface area contributed by atoms with Crippen molar-refractivity contribution in [3.05, 3.63) is 54.6 Å². The van der Waals surface area contributed by atoms with Gasteiger partial charge in [-0.1, -0.05) is 30.3 Å². The number of carbonyl (C=O) groups is 1. The summed E-state index contributed by atoms with van der Waals surface area (Å²) in [5.74, 6) is 1.22. The van der Waals surface area contributed by atoms with Gasteiger partial charge in [0.05, 0.1) is 0 Å². The summed E-state index contributed by atoms with van der Waals surface area (Å²) in [5, 5.41) is 0. The fraction of sp³-hybridized carbons (Fsp3) is 0.235. The van der Waals surface area contributed by atoms with Crippen LogP contribution in [0, 0.1) is 0 Å². The Kier molecular flexibility index (Phi) is 3.77. The van der Waals surface area contributed by atoms with Crippen molar-refractivity contribution in [2.45, 2.75) is 13.0 Å². The van der Waals surface area contributed by atoms with E-state index in [0.29, 0.717) is 18.0 Å². The lowest BCUT2D eigenvalue weighted by atomic mass is 10.2. The highest BCUT2D eigenvalue weighted by Gasteiger charge is 2.31. The molecular weight excluding hydrogens is 266 g/mol. The summed E-state index contributed by atoms with van der Waals surface area (Å²) in [5.41, 5.74) is 0.868. The van der Waals surface area contributed by atoms with Gasteiger partial charge in [-0.3, -0.25) is 4.79 Å². The Morgan fingerprint density at radius 3 is 2.48 bits per heavy atom. The maximum absolute atomic E-state index is 12.7. The van der Waals surface area contributed by atoms with Crippen LogP contribution in [0.2, 0.25) is 0 Å². The minimum Gasteiger partial charge on any atom is -0.485 e. The van der Waals surface area contributed by atoms with Crippen molar-refractivity contribution in [1.29, 1.82) is 0 Å². The third kappa shape index (κ3) is 2.70. The van der Waals surface area contributed by atoms with E-state index in [-0.39, 0.29) is 12.5 Å². The zero-order valence-electron chi connectivity index (χ0n) is 11.9. The van der Waals surface area contributed by atoms with E-state index in [1.807, 2.05) is 61.5 Å². The van der Waals surface area contributed by atoms with Crippen LogP contribution in [0.25, 0.3) is 0 Å². The summed E-state index contributed by atoms with van der Waals surface area (Å²) >= 11 is 0. The molecule has 0 unspecified atom stereocenters. The monoisotopic (exact) mass is 283 g/mol. The molecule has 2 aromatic rings. The smallest absolute Gasteiger partial charge is 0.271 e. The number of anilines is 1. The minimum atomic E-state index is -0.611. The van der Waals surface area contributed by atoms with Gasteiger partial charge in [-0.05, 0) is 31.2 Å². The fourth-order valence-corrected chi connectivity index (χ4v) is 2.39. The molecule has 0 aromatic heterocycles. The molecule has 0 aliphatic carbocycles. The van der Waals surface area contributed by atoms with Crippen molar-refractivity contribution in [2.75, 3.05) is 18.1 Å². The fourth-order valence-electron chi connectivity index (χ4n) is 2.39. The predicted molar refractivity (Wildman–Crippen MR) is 80.8 cm³/mol. The number of ether oxygens (including phenoxy) is 2. The molecule has 0 spiro atoms. The second kappa shape index (κ2) is 5.87. The number of hydrogen-bond acceptors (Lipinski definition) is 3. The largest absolute Gasteiger partial charge is 0.485 e. The second-order valence-corrected chi connectivity index (χ2v) is 4.78. The Labute approximate surface area is 123 Å². The van der Waals surface area contributed by atoms with Gasteiger partial charge in [0.1, 0.15) is 6.61 Å². The highest BCUT2D eigenvalue weighted by atomic mass is 16.6. The third-order valence-corrected chi connectivity index (χ3v) is 3.43. The summed E-state index contributed by atoms with van der Waals surface area (Å²) in [4.78, 5) is 14.4. The molecule has 0 N–H and O–H groups in total. The SMILES string of the molecule is CCN(C(=O)[C@H]1COc2ccccc2O1)c1ccccc1. The van der Waals surface area contributed by atoms with Gasteiger partial charge < -0.3 is 14.4 Å². The number of fused-ring (bicyclic) bond motifs is 1. The van der Waals surface area contributed by atoms with E-state index in [0.717, 1.165) is 5.69 Å². The lowest BCUT2D eigenvalue weighted by Crippen LogP contribution is -2.46. The lowest BCUT2D eigenvalue weighted by molar-refractivity contribution is -0.127. The van der Waals surface area contributed by atoms with E-state index in [4.69, 9.17) is 9.47 Å². The number of amides is 1. The van der Waals surface area contributed by atoms with Gasteiger partial charge in [-0.25, -0.2) is 0 Å². The van der Waals surface area contributed by atoms with Gasteiger partial charge in [-0.15, -0.1) is 0 Å². The Morgan fingerprint density at radius 1 is 1.10 bits per heavy atom. The van der Waals surface area contributed by atoms with Crippen LogP contribution in [0.1, 0.15) is 6.92 Å². The molecule has 0 bridgehead atoms. The normalized spacial score (nSPS) is 16.3. The maximum Gasteiger partial charge on any atom is 0.271 e. The number of likely N-dealkylation sites (N-methyl/N-ethyl adjacent to an activating group) is 1. The zero-order chi connectivity index (χ0) is 14.7. The number of nitrogens with zero attached hydrogens (tertiary/aromatic N) is 1. The topological polar surface area (TPSA) is 38.8 Å². The van der Waals surface area contributed by atoms with E-state index in [9.17, 15) is 4.79 Å². The average molecular weight is 283 g/mol. The van der Waals surface area contributed by atoms with Gasteiger partial charge >= 0.3 is 0 Å². The zero-order valence-corrected chi connectivity index (χ0v) is 11.9. The van der Waals surface area contributed by atoms with Gasteiger partial charge in [-0.2, -0.15) is 0 Å². The van der Waals surface area contributed by atoms with E-state index >= 15 is 0 Å². The van der Waals surface area contributed by atoms with Crippen LogP contribution in [0.4, 0.5) is 5.69 Å². The minimum absolute atomic E-state index is 0.0850. The van der Waals surface area contributed by atoms with Crippen molar-refractivity contribution in [1.82, 2.24) is 0 Å². The second-order valence-electron chi connectivity index (χ2n) is 4.78. The van der Waals surface area contributed by atoms with Crippen molar-refractivity contribution >= 4 is 11.6 Å². The number of carbonyl (C=O) groups excluding carboxylic acids is 1. The molecule has 4 heteroatoms. The van der Waals surface area contributed by atoms with Gasteiger partial charge in [0.2, 0.25) is 6.10 Å². The van der Waals surface area contributed by atoms with Crippen molar-refractivity contribution in [3.63, 3.8) is 0 Å². The molecule has 21 heavy (non-hydrogen) atoms. The quantitative estimate of drug-likeness (QED) is 0.869. The predicted octanol–water partition coefficient (Wildman–Crippen LogP) is 2.88. The molecular formula is C17H17NO3. The molecule has 0 fully saturated rings. The van der Waals surface area contributed by atoms with Gasteiger partial charge in [0, 0.05) is 12.2 Å². The summed E-state index contributed by atoms with van der Waals surface area (Å²) < 4.78 is 11.4. The Hall–Kier alpha value is -2.49. The summed E-state index contributed by atoms with van der Waals surface area (Å²) in [7, 11) is 0. The van der Waals surface area contributed by atoms with Crippen molar-refractivity contribution < 1.29 is 14.3 Å². The van der Waals surface area contributed by atoms with E-state index in [1.54, 1.807) is 4.90 Å². The molecule has 1 atom stereocenters. The van der Waals surface area contributed by atoms with Crippen LogP contribution in [-0.4, -0.2) is 25.2 Å². The first-order valence-electron chi connectivity index (χ1n) is 7.04. The standard InChI is InChI=1S/C17H17NO3/c1-2-18(13-8-4-3-5-9-13)17(19)16-12-20-14-10-6-7-11-15(14)21-16/h3-11,16H,2,12H2,1H3/t16-/m1/s1. The molecule has 108 valence electrons. The molecule has 4 nitrogen and oxygen atoms in total. The Balaban J connectivity index is 1.79. The summed E-state index contributed by atoms with van der Waals surface area (Å²) in [6.07, 6.45) is -0.611. The maximum atomic E-state index is 12.7. The van der Waals surface area contributed by atoms with E-state index in [1.165, 1.54) is 0 Å². The highest BCUT2D eigenvalue weighted by Crippen LogP contribution is 2.31. The number of para-hydroxylation sites is 3. The summed E-state index contributed by atoms with van der Waals surface area (Å²) in [6.45, 7) is 2.77. The van der Waals surface area contributed by atoms with E-state index < -0.39 is 6.10 Å². The molecule has 3 rings (SSSR count). The first-order valence-corrected chi connectivity index (χ1v) is 7.04. The molecule has 0 radical (unpaired) electrons. The Morgan fingerprint density at radius 2 is 1.76 bits per heavy atom. The lowest BCUT2D eigenvalue weighted by Gasteiger charge is -2.30. The Bertz CT molecular complexity index is 627. The van der Waals surface area contributed by atoms with Gasteiger partial charge in [0.25, 0.3) is 5.91 Å². The molecule has 0 saturated carbocycles. The molecule has 1 amide bonds. The first-order chi connectivity index (χ1) is 10.3. The van der Waals surface area contributed by atoms with Crippen LogP contribution in [0.3, 0.4) is 0 Å². The van der Waals surface area contributed by atoms with Gasteiger partial charge in [0.15, 0.2) is 11.5 Å². The molecule has 0 saturated heterocycles. The van der Waals surface area contributed by atoms with Crippen LogP contribution >= 0.6 is 0 Å². The summed E-state index contributed by atoms with van der Waals surface area (Å²) in [6, 6.07) is 17.0. The molecule has 1 aliphatic heterocycles. The number of hydrogen-bond donors (Lipinski definition) is 0. The molecule has 2 aromatic carbocycles. The number of rotatable bonds is 3. The highest BCUT2D eigenvalue weighted by molar-refractivity contribution is 5.97. The molecule has 1 heterocycles. The third-order valence-electron chi connectivity index (χ3n) is 3.43. The molecule has 1 aliphatic rings. The average Bonchev–Trinajstić information content (AvgIpc) is 2.56. The van der Waals surface area contributed by atoms with Crippen LogP contribution in [0.5, 0.6) is 11.5 Å². The van der Waals surface area contributed by atoms with Crippen LogP contribution < -0.4 is 14.4 Å².